The Balaban J connectivity index is 2.80. The van der Waals surface area contributed by atoms with Crippen LogP contribution in [0.3, 0.4) is 0 Å². The standard InChI is InChI=1S/C15H22O4/c1-4-15(3,14(18)19-10-16)9-11(2)12-5-7-13(17)8-6-12/h5-8,11,16-17H,4,9-10H2,1-3H3. The van der Waals surface area contributed by atoms with Gasteiger partial charge in [-0.2, -0.15) is 0 Å². The molecule has 0 aliphatic heterocycles. The molecular weight excluding hydrogens is 244 g/mol. The molecule has 106 valence electrons. The van der Waals surface area contributed by atoms with Gasteiger partial charge in [0.25, 0.3) is 0 Å². The number of phenolic OH excluding ortho intramolecular Hbond substituents is 1. The SMILES string of the molecule is CCC(C)(CC(C)c1ccc(O)cc1)C(=O)OCO. The Kier molecular flexibility index (Phi) is 5.36. The molecule has 0 aliphatic carbocycles. The molecule has 2 atom stereocenters. The first-order valence-electron chi connectivity index (χ1n) is 6.50. The third-order valence-corrected chi connectivity index (χ3v) is 3.69. The van der Waals surface area contributed by atoms with Crippen molar-refractivity contribution in [3.05, 3.63) is 29.8 Å². The monoisotopic (exact) mass is 266 g/mol. The lowest BCUT2D eigenvalue weighted by molar-refractivity contribution is -0.164. The summed E-state index contributed by atoms with van der Waals surface area (Å²) in [5.41, 5.74) is 0.453. The highest BCUT2D eigenvalue weighted by molar-refractivity contribution is 5.76. The van der Waals surface area contributed by atoms with Crippen LogP contribution in [-0.4, -0.2) is 23.0 Å². The lowest BCUT2D eigenvalue weighted by atomic mass is 9.77. The van der Waals surface area contributed by atoms with Crippen molar-refractivity contribution in [1.82, 2.24) is 0 Å². The normalized spacial score (nSPS) is 15.6. The van der Waals surface area contributed by atoms with Gasteiger partial charge >= 0.3 is 5.97 Å². The zero-order chi connectivity index (χ0) is 14.5. The number of hydrogen-bond acceptors (Lipinski definition) is 4. The Bertz CT molecular complexity index is 413. The first-order chi connectivity index (χ1) is 8.92. The summed E-state index contributed by atoms with van der Waals surface area (Å²) < 4.78 is 4.73. The van der Waals surface area contributed by atoms with E-state index in [2.05, 4.69) is 0 Å². The van der Waals surface area contributed by atoms with Crippen molar-refractivity contribution in [3.63, 3.8) is 0 Å². The van der Waals surface area contributed by atoms with Crippen molar-refractivity contribution in [1.29, 1.82) is 0 Å². The molecule has 0 bridgehead atoms. The smallest absolute Gasteiger partial charge is 0.313 e. The van der Waals surface area contributed by atoms with Gasteiger partial charge in [0.1, 0.15) is 5.75 Å². The molecular formula is C15H22O4. The molecule has 0 heterocycles. The fourth-order valence-corrected chi connectivity index (χ4v) is 2.20. The molecule has 1 aromatic carbocycles. The zero-order valence-electron chi connectivity index (χ0n) is 11.7. The largest absolute Gasteiger partial charge is 0.508 e. The van der Waals surface area contributed by atoms with E-state index in [1.165, 1.54) is 0 Å². The van der Waals surface area contributed by atoms with Gasteiger partial charge in [-0.1, -0.05) is 26.0 Å². The second kappa shape index (κ2) is 6.57. The number of hydrogen-bond donors (Lipinski definition) is 2. The number of aliphatic hydroxyl groups is 1. The van der Waals surface area contributed by atoms with E-state index in [1.54, 1.807) is 12.1 Å². The number of carbonyl (C=O) groups excluding carboxylic acids is 1. The van der Waals surface area contributed by atoms with Gasteiger partial charge in [-0.3, -0.25) is 4.79 Å². The van der Waals surface area contributed by atoms with E-state index in [0.717, 1.165) is 5.56 Å². The highest BCUT2D eigenvalue weighted by Gasteiger charge is 2.34. The molecule has 4 nitrogen and oxygen atoms in total. The van der Waals surface area contributed by atoms with Gasteiger partial charge in [-0.15, -0.1) is 0 Å². The third-order valence-electron chi connectivity index (χ3n) is 3.69. The molecule has 0 aromatic heterocycles. The second-order valence-corrected chi connectivity index (χ2v) is 5.17. The number of phenols is 1. The van der Waals surface area contributed by atoms with Gasteiger partial charge in [-0.25, -0.2) is 0 Å². The first kappa shape index (κ1) is 15.5. The van der Waals surface area contributed by atoms with Crippen LogP contribution in [0.5, 0.6) is 5.75 Å². The molecule has 0 radical (unpaired) electrons. The number of aromatic hydroxyl groups is 1. The number of benzene rings is 1. The number of esters is 1. The molecule has 0 saturated carbocycles. The maximum Gasteiger partial charge on any atom is 0.313 e. The summed E-state index contributed by atoms with van der Waals surface area (Å²) in [6, 6.07) is 6.99. The molecule has 4 heteroatoms. The predicted molar refractivity (Wildman–Crippen MR) is 72.7 cm³/mol. The number of ether oxygens (including phenoxy) is 1. The van der Waals surface area contributed by atoms with E-state index in [0.29, 0.717) is 12.8 Å². The van der Waals surface area contributed by atoms with E-state index in [-0.39, 0.29) is 17.6 Å². The Morgan fingerprint density at radius 3 is 2.42 bits per heavy atom. The fraction of sp³-hybridized carbons (Fsp3) is 0.533. The average Bonchev–Trinajstić information content (AvgIpc) is 2.39. The van der Waals surface area contributed by atoms with Crippen LogP contribution in [0, 0.1) is 5.41 Å². The maximum atomic E-state index is 11.9. The summed E-state index contributed by atoms with van der Waals surface area (Å²) in [6.45, 7) is 5.23. The Hall–Kier alpha value is -1.55. The molecule has 1 rings (SSSR count). The molecule has 0 spiro atoms. The minimum atomic E-state index is -0.611. The Labute approximate surface area is 114 Å². The molecule has 0 aliphatic rings. The van der Waals surface area contributed by atoms with Gasteiger partial charge in [-0.05, 0) is 43.4 Å². The van der Waals surface area contributed by atoms with E-state index in [1.807, 2.05) is 32.9 Å². The van der Waals surface area contributed by atoms with Crippen molar-refractivity contribution in [2.45, 2.75) is 39.5 Å². The van der Waals surface area contributed by atoms with Crippen LogP contribution >= 0.6 is 0 Å². The summed E-state index contributed by atoms with van der Waals surface area (Å²) in [5.74, 6) is 0.0221. The van der Waals surface area contributed by atoms with E-state index in [4.69, 9.17) is 9.84 Å². The highest BCUT2D eigenvalue weighted by Crippen LogP contribution is 2.35. The summed E-state index contributed by atoms with van der Waals surface area (Å²) in [7, 11) is 0. The Morgan fingerprint density at radius 1 is 1.37 bits per heavy atom. The average molecular weight is 266 g/mol. The van der Waals surface area contributed by atoms with Crippen LogP contribution in [0.2, 0.25) is 0 Å². The van der Waals surface area contributed by atoms with E-state index >= 15 is 0 Å². The van der Waals surface area contributed by atoms with Gasteiger partial charge < -0.3 is 14.9 Å². The molecule has 2 N–H and O–H groups in total. The predicted octanol–water partition coefficient (Wildman–Crippen LogP) is 2.80. The van der Waals surface area contributed by atoms with Gasteiger partial charge in [0, 0.05) is 0 Å². The van der Waals surface area contributed by atoms with Gasteiger partial charge in [0.2, 0.25) is 0 Å². The van der Waals surface area contributed by atoms with Crippen molar-refractivity contribution in [2.24, 2.45) is 5.41 Å². The number of carbonyl (C=O) groups is 1. The van der Waals surface area contributed by atoms with Crippen LogP contribution in [0.25, 0.3) is 0 Å². The van der Waals surface area contributed by atoms with E-state index < -0.39 is 12.2 Å². The highest BCUT2D eigenvalue weighted by atomic mass is 16.6. The van der Waals surface area contributed by atoms with Crippen molar-refractivity contribution >= 4 is 5.97 Å². The number of aliphatic hydroxyl groups excluding tert-OH is 1. The summed E-state index contributed by atoms with van der Waals surface area (Å²) in [4.78, 5) is 11.9. The van der Waals surface area contributed by atoms with Crippen molar-refractivity contribution < 1.29 is 19.7 Å². The molecule has 1 aromatic rings. The van der Waals surface area contributed by atoms with Crippen molar-refractivity contribution in [2.75, 3.05) is 6.79 Å². The minimum absolute atomic E-state index is 0.164. The lowest BCUT2D eigenvalue weighted by Crippen LogP contribution is -2.31. The second-order valence-electron chi connectivity index (χ2n) is 5.17. The topological polar surface area (TPSA) is 66.8 Å². The molecule has 19 heavy (non-hydrogen) atoms. The fourth-order valence-electron chi connectivity index (χ4n) is 2.20. The van der Waals surface area contributed by atoms with Crippen LogP contribution in [0.4, 0.5) is 0 Å². The Morgan fingerprint density at radius 2 is 1.95 bits per heavy atom. The lowest BCUT2D eigenvalue weighted by Gasteiger charge is -2.28. The first-order valence-corrected chi connectivity index (χ1v) is 6.50. The summed E-state index contributed by atoms with van der Waals surface area (Å²) in [5, 5.41) is 18.0. The van der Waals surface area contributed by atoms with E-state index in [9.17, 15) is 9.90 Å². The molecule has 0 fully saturated rings. The van der Waals surface area contributed by atoms with Gasteiger partial charge in [0.05, 0.1) is 5.41 Å². The van der Waals surface area contributed by atoms with Gasteiger partial charge in [0.15, 0.2) is 6.79 Å². The molecule has 2 unspecified atom stereocenters. The maximum absolute atomic E-state index is 11.9. The number of rotatable bonds is 6. The third kappa shape index (κ3) is 3.96. The van der Waals surface area contributed by atoms with Crippen LogP contribution in [0.1, 0.15) is 45.1 Å². The van der Waals surface area contributed by atoms with Crippen molar-refractivity contribution in [3.8, 4) is 5.75 Å². The molecule has 0 amide bonds. The summed E-state index contributed by atoms with van der Waals surface area (Å²) >= 11 is 0. The summed E-state index contributed by atoms with van der Waals surface area (Å²) in [6.07, 6.45) is 1.28. The van der Waals surface area contributed by atoms with Crippen LogP contribution in [0.15, 0.2) is 24.3 Å². The molecule has 0 saturated heterocycles. The quantitative estimate of drug-likeness (QED) is 0.613. The van der Waals surface area contributed by atoms with Crippen LogP contribution < -0.4 is 0 Å². The van der Waals surface area contributed by atoms with Crippen LogP contribution in [-0.2, 0) is 9.53 Å². The zero-order valence-corrected chi connectivity index (χ0v) is 11.7. The minimum Gasteiger partial charge on any atom is -0.508 e.